The largest absolute Gasteiger partial charge is 0.355 e. The molecule has 2 N–H and O–H groups in total. The zero-order chi connectivity index (χ0) is 13.5. The van der Waals surface area contributed by atoms with E-state index in [4.69, 9.17) is 5.26 Å². The van der Waals surface area contributed by atoms with Crippen LogP contribution < -0.4 is 10.6 Å². The highest BCUT2D eigenvalue weighted by molar-refractivity contribution is 5.72. The van der Waals surface area contributed by atoms with Crippen molar-refractivity contribution < 1.29 is 9.18 Å². The van der Waals surface area contributed by atoms with E-state index in [9.17, 15) is 9.18 Å². The number of halogens is 1. The molecule has 0 saturated heterocycles. The number of nitriles is 1. The van der Waals surface area contributed by atoms with Crippen molar-refractivity contribution in [3.63, 3.8) is 0 Å². The van der Waals surface area contributed by atoms with E-state index in [2.05, 4.69) is 16.7 Å². The normalized spacial score (nSPS) is 11.7. The number of hydrogen-bond donors (Lipinski definition) is 2. The van der Waals surface area contributed by atoms with Crippen LogP contribution in [0.3, 0.4) is 0 Å². The molecule has 4 nitrogen and oxygen atoms in total. The van der Waals surface area contributed by atoms with Gasteiger partial charge >= 0.3 is 0 Å². The molecule has 1 unspecified atom stereocenters. The number of amides is 1. The highest BCUT2D eigenvalue weighted by atomic mass is 19.1. The SMILES string of the molecule is CC(=O)NCCNC(C#N)c1ccc(F)c(C)c1. The van der Waals surface area contributed by atoms with Gasteiger partial charge in [0.15, 0.2) is 0 Å². The molecule has 0 aliphatic rings. The summed E-state index contributed by atoms with van der Waals surface area (Å²) in [5.74, 6) is -0.392. The molecule has 0 fully saturated rings. The molecule has 18 heavy (non-hydrogen) atoms. The first-order chi connectivity index (χ1) is 8.54. The Hall–Kier alpha value is -1.93. The van der Waals surface area contributed by atoms with E-state index < -0.39 is 6.04 Å². The van der Waals surface area contributed by atoms with Crippen molar-refractivity contribution in [2.75, 3.05) is 13.1 Å². The van der Waals surface area contributed by atoms with Crippen molar-refractivity contribution in [3.8, 4) is 6.07 Å². The van der Waals surface area contributed by atoms with Crippen molar-refractivity contribution in [3.05, 3.63) is 35.1 Å². The summed E-state index contributed by atoms with van der Waals surface area (Å²) in [6, 6.07) is 6.19. The van der Waals surface area contributed by atoms with Crippen molar-refractivity contribution in [1.82, 2.24) is 10.6 Å². The van der Waals surface area contributed by atoms with Crippen LogP contribution in [-0.2, 0) is 4.79 Å². The number of carbonyl (C=O) groups excluding carboxylic acids is 1. The zero-order valence-electron chi connectivity index (χ0n) is 10.5. The van der Waals surface area contributed by atoms with Crippen LogP contribution in [0.15, 0.2) is 18.2 Å². The fraction of sp³-hybridized carbons (Fsp3) is 0.385. The molecule has 0 aliphatic carbocycles. The van der Waals surface area contributed by atoms with Crippen LogP contribution >= 0.6 is 0 Å². The summed E-state index contributed by atoms with van der Waals surface area (Å²) in [5.41, 5.74) is 1.23. The minimum atomic E-state index is -0.502. The molecule has 0 aromatic heterocycles. The van der Waals surface area contributed by atoms with Gasteiger partial charge in [-0.15, -0.1) is 0 Å². The molecule has 1 atom stereocenters. The fourth-order valence-electron chi connectivity index (χ4n) is 1.54. The van der Waals surface area contributed by atoms with Crippen LogP contribution in [0.5, 0.6) is 0 Å². The van der Waals surface area contributed by atoms with Gasteiger partial charge in [-0.3, -0.25) is 10.1 Å². The summed E-state index contributed by atoms with van der Waals surface area (Å²) in [4.78, 5) is 10.7. The Labute approximate surface area is 106 Å². The van der Waals surface area contributed by atoms with Gasteiger partial charge in [0.2, 0.25) is 5.91 Å². The van der Waals surface area contributed by atoms with Gasteiger partial charge < -0.3 is 5.32 Å². The number of nitrogens with zero attached hydrogens (tertiary/aromatic N) is 1. The van der Waals surface area contributed by atoms with Gasteiger partial charge in [0.25, 0.3) is 0 Å². The van der Waals surface area contributed by atoms with Gasteiger partial charge in [-0.2, -0.15) is 5.26 Å². The first kappa shape index (κ1) is 14.1. The molecule has 1 aromatic carbocycles. The summed E-state index contributed by atoms with van der Waals surface area (Å²) in [5, 5.41) is 14.7. The Balaban J connectivity index is 2.58. The summed E-state index contributed by atoms with van der Waals surface area (Å²) in [6.45, 7) is 4.03. The second-order valence-corrected chi connectivity index (χ2v) is 4.01. The van der Waals surface area contributed by atoms with E-state index in [1.165, 1.54) is 13.0 Å². The third-order valence-electron chi connectivity index (χ3n) is 2.49. The van der Waals surface area contributed by atoms with E-state index >= 15 is 0 Å². The van der Waals surface area contributed by atoms with Crippen LogP contribution in [-0.4, -0.2) is 19.0 Å². The van der Waals surface area contributed by atoms with Crippen LogP contribution in [0.4, 0.5) is 4.39 Å². The standard InChI is InChI=1S/C13H16FN3O/c1-9-7-11(3-4-12(9)14)13(8-15)17-6-5-16-10(2)18/h3-4,7,13,17H,5-6H2,1-2H3,(H,16,18). The van der Waals surface area contributed by atoms with Gasteiger partial charge in [-0.05, 0) is 24.1 Å². The fourth-order valence-corrected chi connectivity index (χ4v) is 1.54. The topological polar surface area (TPSA) is 64.9 Å². The lowest BCUT2D eigenvalue weighted by atomic mass is 10.1. The first-order valence-corrected chi connectivity index (χ1v) is 5.68. The minimum absolute atomic E-state index is 0.108. The average Bonchev–Trinajstić information content (AvgIpc) is 2.33. The monoisotopic (exact) mass is 249 g/mol. The van der Waals surface area contributed by atoms with Crippen molar-refractivity contribution in [1.29, 1.82) is 5.26 Å². The number of benzene rings is 1. The third-order valence-corrected chi connectivity index (χ3v) is 2.49. The number of carbonyl (C=O) groups is 1. The van der Waals surface area contributed by atoms with Gasteiger partial charge in [0.1, 0.15) is 11.9 Å². The van der Waals surface area contributed by atoms with Crippen LogP contribution in [0.1, 0.15) is 24.1 Å². The maximum atomic E-state index is 13.1. The molecule has 0 saturated carbocycles. The van der Waals surface area contributed by atoms with Gasteiger partial charge in [0.05, 0.1) is 6.07 Å². The summed E-state index contributed by atoms with van der Waals surface area (Å²) < 4.78 is 13.1. The Kier molecular flexibility index (Phi) is 5.28. The van der Waals surface area contributed by atoms with Gasteiger partial charge in [-0.25, -0.2) is 4.39 Å². The summed E-state index contributed by atoms with van der Waals surface area (Å²) in [7, 11) is 0. The third kappa shape index (κ3) is 4.15. The molecule has 1 aromatic rings. The Morgan fingerprint density at radius 3 is 2.78 bits per heavy atom. The van der Waals surface area contributed by atoms with E-state index in [1.807, 2.05) is 0 Å². The lowest BCUT2D eigenvalue weighted by molar-refractivity contribution is -0.118. The lowest BCUT2D eigenvalue weighted by Gasteiger charge is -2.12. The molecule has 0 radical (unpaired) electrons. The van der Waals surface area contributed by atoms with Crippen LogP contribution in [0.2, 0.25) is 0 Å². The number of rotatable bonds is 5. The molecule has 0 heterocycles. The van der Waals surface area contributed by atoms with Crippen molar-refractivity contribution in [2.24, 2.45) is 0 Å². The quantitative estimate of drug-likeness (QED) is 0.776. The van der Waals surface area contributed by atoms with Crippen molar-refractivity contribution in [2.45, 2.75) is 19.9 Å². The van der Waals surface area contributed by atoms with E-state index in [0.717, 1.165) is 5.56 Å². The van der Waals surface area contributed by atoms with Gasteiger partial charge in [-0.1, -0.05) is 12.1 Å². The number of nitrogens with one attached hydrogen (secondary N) is 2. The van der Waals surface area contributed by atoms with E-state index in [0.29, 0.717) is 18.7 Å². The Morgan fingerprint density at radius 2 is 2.22 bits per heavy atom. The van der Waals surface area contributed by atoms with E-state index in [-0.39, 0.29) is 11.7 Å². The molecule has 0 aliphatic heterocycles. The molecule has 1 amide bonds. The maximum absolute atomic E-state index is 13.1. The highest BCUT2D eigenvalue weighted by Gasteiger charge is 2.10. The minimum Gasteiger partial charge on any atom is -0.355 e. The van der Waals surface area contributed by atoms with Crippen LogP contribution in [0, 0.1) is 24.1 Å². The maximum Gasteiger partial charge on any atom is 0.216 e. The lowest BCUT2D eigenvalue weighted by Crippen LogP contribution is -2.32. The Morgan fingerprint density at radius 1 is 1.50 bits per heavy atom. The van der Waals surface area contributed by atoms with Crippen molar-refractivity contribution >= 4 is 5.91 Å². The smallest absolute Gasteiger partial charge is 0.216 e. The second-order valence-electron chi connectivity index (χ2n) is 4.01. The average molecular weight is 249 g/mol. The predicted octanol–water partition coefficient (Wildman–Crippen LogP) is 1.42. The van der Waals surface area contributed by atoms with Crippen LogP contribution in [0.25, 0.3) is 0 Å². The highest BCUT2D eigenvalue weighted by Crippen LogP contribution is 2.15. The zero-order valence-corrected chi connectivity index (χ0v) is 10.5. The Bertz CT molecular complexity index is 468. The first-order valence-electron chi connectivity index (χ1n) is 5.68. The molecular formula is C13H16FN3O. The second kappa shape index (κ2) is 6.72. The molecule has 0 bridgehead atoms. The molecule has 5 heteroatoms. The molecule has 1 rings (SSSR count). The molecule has 96 valence electrons. The number of hydrogen-bond acceptors (Lipinski definition) is 3. The summed E-state index contributed by atoms with van der Waals surface area (Å²) >= 11 is 0. The van der Waals surface area contributed by atoms with Gasteiger partial charge in [0, 0.05) is 20.0 Å². The molecular weight excluding hydrogens is 233 g/mol. The molecule has 0 spiro atoms. The van der Waals surface area contributed by atoms with E-state index in [1.54, 1.807) is 19.1 Å². The predicted molar refractivity (Wildman–Crippen MR) is 66.2 cm³/mol. The number of aryl methyl sites for hydroxylation is 1. The summed E-state index contributed by atoms with van der Waals surface area (Å²) in [6.07, 6.45) is 0.